The maximum absolute atomic E-state index is 13.2. The molecule has 2 aromatic rings. The van der Waals surface area contributed by atoms with Crippen molar-refractivity contribution in [2.45, 2.75) is 31.4 Å². The van der Waals surface area contributed by atoms with Gasteiger partial charge in [-0.3, -0.25) is 9.80 Å². The van der Waals surface area contributed by atoms with Crippen LogP contribution >= 0.6 is 17.0 Å². The predicted molar refractivity (Wildman–Crippen MR) is 115 cm³/mol. The van der Waals surface area contributed by atoms with E-state index >= 15 is 0 Å². The number of hydrogen-bond donors (Lipinski definition) is 0. The normalized spacial score (nSPS) is 28.2. The Morgan fingerprint density at radius 3 is 2.36 bits per heavy atom. The number of rotatable bonds is 2. The van der Waals surface area contributed by atoms with E-state index in [0.29, 0.717) is 12.5 Å². The molecule has 4 nitrogen and oxygen atoms in total. The highest BCUT2D eigenvalue weighted by Crippen LogP contribution is 2.36. The zero-order valence-electron chi connectivity index (χ0n) is 16.0. The van der Waals surface area contributed by atoms with Gasteiger partial charge in [-0.15, -0.1) is 17.0 Å². The maximum Gasteiger partial charge on any atom is 0.410 e. The van der Waals surface area contributed by atoms with Crippen molar-refractivity contribution in [1.29, 1.82) is 0 Å². The first-order chi connectivity index (χ1) is 13.3. The molecule has 2 aromatic carbocycles. The summed E-state index contributed by atoms with van der Waals surface area (Å²) in [6.45, 7) is 3.91. The third-order valence-corrected chi connectivity index (χ3v) is 6.48. The van der Waals surface area contributed by atoms with Gasteiger partial charge in [-0.05, 0) is 55.0 Å². The van der Waals surface area contributed by atoms with Crippen LogP contribution in [-0.2, 0) is 11.2 Å². The average Bonchev–Trinajstić information content (AvgIpc) is 2.74. The molecule has 4 aliphatic rings. The van der Waals surface area contributed by atoms with Crippen LogP contribution in [0.4, 0.5) is 4.79 Å². The monoisotopic (exact) mass is 442 g/mol. The lowest BCUT2D eigenvalue weighted by Gasteiger charge is -2.45. The Hall–Kier alpha value is -1.85. The molecule has 5 heteroatoms. The zero-order valence-corrected chi connectivity index (χ0v) is 17.7. The van der Waals surface area contributed by atoms with E-state index in [4.69, 9.17) is 4.74 Å². The van der Waals surface area contributed by atoms with Crippen LogP contribution in [-0.4, -0.2) is 48.2 Å². The molecule has 1 amide bonds. The third kappa shape index (κ3) is 3.58. The highest BCUT2D eigenvalue weighted by Gasteiger charge is 2.39. The minimum atomic E-state index is -0.155. The SMILES string of the molecule is Br.O=C(O[C@H]1CN2CCC1CC2)N1CCc2ccccc2[C@H]1c1ccccc1. The molecule has 0 radical (unpaired) electrons. The second-order valence-corrected chi connectivity index (χ2v) is 8.02. The fourth-order valence-corrected chi connectivity index (χ4v) is 5.00. The first-order valence-corrected chi connectivity index (χ1v) is 10.1. The fraction of sp³-hybridized carbons (Fsp3) is 0.435. The highest BCUT2D eigenvalue weighted by atomic mass is 79.9. The van der Waals surface area contributed by atoms with E-state index in [1.807, 2.05) is 23.1 Å². The largest absolute Gasteiger partial charge is 0.444 e. The summed E-state index contributed by atoms with van der Waals surface area (Å²) in [5, 5.41) is 0. The molecule has 2 atom stereocenters. The van der Waals surface area contributed by atoms with Crippen molar-refractivity contribution in [1.82, 2.24) is 9.80 Å². The number of halogens is 1. The Morgan fingerprint density at radius 2 is 1.64 bits per heavy atom. The van der Waals surface area contributed by atoms with Crippen LogP contribution in [0, 0.1) is 5.92 Å². The van der Waals surface area contributed by atoms with Crippen LogP contribution in [0.15, 0.2) is 54.6 Å². The number of ether oxygens (including phenoxy) is 1. The summed E-state index contributed by atoms with van der Waals surface area (Å²) in [4.78, 5) is 17.6. The van der Waals surface area contributed by atoms with Crippen LogP contribution < -0.4 is 0 Å². The highest BCUT2D eigenvalue weighted by molar-refractivity contribution is 8.93. The minimum absolute atomic E-state index is 0. The Morgan fingerprint density at radius 1 is 0.929 bits per heavy atom. The molecule has 0 N–H and O–H groups in total. The molecule has 0 aliphatic carbocycles. The van der Waals surface area contributed by atoms with Gasteiger partial charge in [-0.1, -0.05) is 54.6 Å². The lowest BCUT2D eigenvalue weighted by molar-refractivity contribution is -0.0462. The van der Waals surface area contributed by atoms with E-state index in [2.05, 4.69) is 41.3 Å². The van der Waals surface area contributed by atoms with Crippen molar-refractivity contribution in [2.75, 3.05) is 26.2 Å². The van der Waals surface area contributed by atoms with Gasteiger partial charge in [0.25, 0.3) is 0 Å². The summed E-state index contributed by atoms with van der Waals surface area (Å²) >= 11 is 0. The number of carbonyl (C=O) groups excluding carboxylic acids is 1. The van der Waals surface area contributed by atoms with Gasteiger partial charge in [0.15, 0.2) is 0 Å². The molecular weight excluding hydrogens is 416 g/mol. The summed E-state index contributed by atoms with van der Waals surface area (Å²) in [6, 6.07) is 18.8. The van der Waals surface area contributed by atoms with Crippen molar-refractivity contribution < 1.29 is 9.53 Å². The van der Waals surface area contributed by atoms with Crippen molar-refractivity contribution >= 4 is 23.1 Å². The van der Waals surface area contributed by atoms with E-state index in [-0.39, 0.29) is 35.2 Å². The van der Waals surface area contributed by atoms with Gasteiger partial charge in [0.05, 0.1) is 6.04 Å². The summed E-state index contributed by atoms with van der Waals surface area (Å²) in [6.07, 6.45) is 3.09. The molecular formula is C23H27BrN2O2. The maximum atomic E-state index is 13.2. The Kier molecular flexibility index (Phi) is 5.74. The van der Waals surface area contributed by atoms with Gasteiger partial charge in [-0.2, -0.15) is 0 Å². The number of amides is 1. The van der Waals surface area contributed by atoms with Crippen LogP contribution in [0.1, 0.15) is 35.6 Å². The Bertz CT molecular complexity index is 820. The molecule has 0 spiro atoms. The second kappa shape index (κ2) is 8.26. The van der Waals surface area contributed by atoms with Crippen LogP contribution in [0.5, 0.6) is 0 Å². The minimum Gasteiger partial charge on any atom is -0.444 e. The van der Waals surface area contributed by atoms with Gasteiger partial charge in [-0.25, -0.2) is 4.79 Å². The zero-order chi connectivity index (χ0) is 18.2. The van der Waals surface area contributed by atoms with Crippen LogP contribution in [0.3, 0.4) is 0 Å². The van der Waals surface area contributed by atoms with Crippen LogP contribution in [0.2, 0.25) is 0 Å². The Balaban J connectivity index is 0.00000192. The fourth-order valence-electron chi connectivity index (χ4n) is 5.00. The molecule has 28 heavy (non-hydrogen) atoms. The molecule has 0 unspecified atom stereocenters. The Labute approximate surface area is 177 Å². The standard InChI is InChI=1S/C23H26N2O2.BrH/c26-23(27-21-16-24-13-10-18(21)11-14-24)25-15-12-17-6-4-5-9-20(17)22(25)19-7-2-1-3-8-19;/h1-9,18,21-22H,10-16H2;1H/t21-,22+;/m0./s1. The lowest BCUT2D eigenvalue weighted by Crippen LogP contribution is -2.53. The molecule has 148 valence electrons. The quantitative estimate of drug-likeness (QED) is 0.688. The van der Waals surface area contributed by atoms with Crippen molar-refractivity contribution in [3.05, 3.63) is 71.3 Å². The van der Waals surface area contributed by atoms with Crippen molar-refractivity contribution in [2.24, 2.45) is 5.92 Å². The first-order valence-electron chi connectivity index (χ1n) is 10.1. The number of piperidine rings is 3. The summed E-state index contributed by atoms with van der Waals surface area (Å²) in [5.41, 5.74) is 3.70. The number of carbonyl (C=O) groups is 1. The summed E-state index contributed by atoms with van der Waals surface area (Å²) in [7, 11) is 0. The smallest absolute Gasteiger partial charge is 0.410 e. The number of hydrogen-bond acceptors (Lipinski definition) is 3. The van der Waals surface area contributed by atoms with E-state index in [1.54, 1.807) is 0 Å². The molecule has 4 heterocycles. The van der Waals surface area contributed by atoms with Crippen molar-refractivity contribution in [3.63, 3.8) is 0 Å². The molecule has 3 saturated heterocycles. The van der Waals surface area contributed by atoms with E-state index in [9.17, 15) is 4.79 Å². The van der Waals surface area contributed by atoms with E-state index in [1.165, 1.54) is 11.1 Å². The molecule has 6 rings (SSSR count). The lowest BCUT2D eigenvalue weighted by atomic mass is 9.86. The number of benzene rings is 2. The van der Waals surface area contributed by atoms with Crippen molar-refractivity contribution in [3.8, 4) is 0 Å². The number of fused-ring (bicyclic) bond motifs is 4. The van der Waals surface area contributed by atoms with Gasteiger partial charge >= 0.3 is 6.09 Å². The third-order valence-electron chi connectivity index (χ3n) is 6.48. The predicted octanol–water partition coefficient (Wildman–Crippen LogP) is 4.44. The van der Waals surface area contributed by atoms with Gasteiger partial charge in [0.1, 0.15) is 6.10 Å². The van der Waals surface area contributed by atoms with E-state index in [0.717, 1.165) is 44.5 Å². The van der Waals surface area contributed by atoms with E-state index < -0.39 is 0 Å². The summed E-state index contributed by atoms with van der Waals surface area (Å²) in [5.74, 6) is 0.534. The van der Waals surface area contributed by atoms with Gasteiger partial charge < -0.3 is 4.74 Å². The average molecular weight is 443 g/mol. The molecule has 0 aromatic heterocycles. The summed E-state index contributed by atoms with van der Waals surface area (Å²) < 4.78 is 6.08. The molecule has 0 saturated carbocycles. The van der Waals surface area contributed by atoms with Gasteiger partial charge in [0.2, 0.25) is 0 Å². The number of nitrogens with zero attached hydrogens (tertiary/aromatic N) is 2. The van der Waals surface area contributed by atoms with Gasteiger partial charge in [0, 0.05) is 13.1 Å². The molecule has 3 fully saturated rings. The van der Waals surface area contributed by atoms with Crippen LogP contribution in [0.25, 0.3) is 0 Å². The first kappa shape index (κ1) is 19.5. The molecule has 2 bridgehead atoms. The topological polar surface area (TPSA) is 32.8 Å². The second-order valence-electron chi connectivity index (χ2n) is 8.02. The molecule has 4 aliphatic heterocycles.